The summed E-state index contributed by atoms with van der Waals surface area (Å²) in [7, 11) is 3.47. The molecule has 0 bridgehead atoms. The molecule has 2 amide bonds. The van der Waals surface area contributed by atoms with Crippen molar-refractivity contribution in [2.24, 2.45) is 4.99 Å². The molecule has 1 aliphatic heterocycles. The lowest BCUT2D eigenvalue weighted by Crippen LogP contribution is -2.54. The number of guanidine groups is 1. The summed E-state index contributed by atoms with van der Waals surface area (Å²) >= 11 is 0. The molecule has 0 aromatic rings. The van der Waals surface area contributed by atoms with Gasteiger partial charge in [0.1, 0.15) is 6.54 Å². The molecule has 2 fully saturated rings. The lowest BCUT2D eigenvalue weighted by atomic mass is 10.3. The zero-order chi connectivity index (χ0) is 15.4. The fourth-order valence-corrected chi connectivity index (χ4v) is 2.16. The molecule has 0 atom stereocenters. The molecular formula is C14H26IN5O2. The molecule has 8 heteroatoms. The summed E-state index contributed by atoms with van der Waals surface area (Å²) in [6.07, 6.45) is 2.32. The molecule has 7 nitrogen and oxygen atoms in total. The van der Waals surface area contributed by atoms with Gasteiger partial charge in [0.05, 0.1) is 0 Å². The Kier molecular flexibility index (Phi) is 7.37. The molecule has 2 rings (SSSR count). The van der Waals surface area contributed by atoms with Crippen LogP contribution in [0.5, 0.6) is 0 Å². The average molecular weight is 423 g/mol. The van der Waals surface area contributed by atoms with Gasteiger partial charge in [-0.05, 0) is 12.8 Å². The van der Waals surface area contributed by atoms with Crippen molar-refractivity contribution in [2.75, 3.05) is 46.8 Å². The molecule has 2 aliphatic rings. The van der Waals surface area contributed by atoms with E-state index < -0.39 is 0 Å². The standard InChI is InChI=1S/C14H25N5O2.HI/c1-11(20)18-6-8-19(9-7-18)14(16-12-4-5-12)15-10-13(21)17(2)3;/h12H,4-10H2,1-3H3,(H,15,16);1H. The Labute approximate surface area is 149 Å². The van der Waals surface area contributed by atoms with Gasteiger partial charge in [0, 0.05) is 53.2 Å². The zero-order valence-corrected chi connectivity index (χ0v) is 15.9. The van der Waals surface area contributed by atoms with Gasteiger partial charge >= 0.3 is 0 Å². The number of hydrogen-bond acceptors (Lipinski definition) is 3. The van der Waals surface area contributed by atoms with Crippen molar-refractivity contribution in [3.05, 3.63) is 0 Å². The molecule has 1 heterocycles. The monoisotopic (exact) mass is 423 g/mol. The Balaban J connectivity index is 0.00000242. The minimum absolute atomic E-state index is 0. The minimum atomic E-state index is -0.00697. The lowest BCUT2D eigenvalue weighted by Gasteiger charge is -2.36. The van der Waals surface area contributed by atoms with Crippen LogP contribution in [0.25, 0.3) is 0 Å². The number of amides is 2. The summed E-state index contributed by atoms with van der Waals surface area (Å²) in [5.74, 6) is 0.912. The van der Waals surface area contributed by atoms with Crippen molar-refractivity contribution in [3.8, 4) is 0 Å². The second-order valence-electron chi connectivity index (χ2n) is 5.84. The number of carbonyl (C=O) groups is 2. The number of likely N-dealkylation sites (N-methyl/N-ethyl adjacent to an activating group) is 1. The maximum atomic E-state index is 11.7. The quantitative estimate of drug-likeness (QED) is 0.393. The Morgan fingerprint density at radius 3 is 2.14 bits per heavy atom. The summed E-state index contributed by atoms with van der Waals surface area (Å²) in [6.45, 7) is 4.70. The van der Waals surface area contributed by atoms with Crippen molar-refractivity contribution in [1.82, 2.24) is 20.0 Å². The first-order chi connectivity index (χ1) is 9.97. The summed E-state index contributed by atoms with van der Waals surface area (Å²) in [5, 5.41) is 3.40. The predicted octanol–water partition coefficient (Wildman–Crippen LogP) is -0.0353. The van der Waals surface area contributed by atoms with E-state index in [1.54, 1.807) is 25.9 Å². The van der Waals surface area contributed by atoms with E-state index in [0.717, 1.165) is 31.9 Å². The van der Waals surface area contributed by atoms with Crippen LogP contribution in [0.1, 0.15) is 19.8 Å². The van der Waals surface area contributed by atoms with Gasteiger partial charge in [-0.3, -0.25) is 9.59 Å². The number of aliphatic imine (C=N–C) groups is 1. The fourth-order valence-electron chi connectivity index (χ4n) is 2.16. The number of nitrogens with zero attached hydrogens (tertiary/aromatic N) is 4. The second kappa shape index (κ2) is 8.54. The van der Waals surface area contributed by atoms with E-state index in [9.17, 15) is 9.59 Å². The second-order valence-corrected chi connectivity index (χ2v) is 5.84. The molecule has 1 N–H and O–H groups in total. The number of nitrogens with one attached hydrogen (secondary N) is 1. The molecule has 0 aromatic carbocycles. The van der Waals surface area contributed by atoms with E-state index in [4.69, 9.17) is 0 Å². The smallest absolute Gasteiger partial charge is 0.243 e. The average Bonchev–Trinajstić information content (AvgIpc) is 3.27. The first kappa shape index (κ1) is 19.0. The molecule has 0 radical (unpaired) electrons. The van der Waals surface area contributed by atoms with Gasteiger partial charge in [-0.25, -0.2) is 4.99 Å². The van der Waals surface area contributed by atoms with Crippen LogP contribution in [0.4, 0.5) is 0 Å². The van der Waals surface area contributed by atoms with Crippen LogP contribution >= 0.6 is 24.0 Å². The number of halogens is 1. The molecule has 1 aliphatic carbocycles. The first-order valence-corrected chi connectivity index (χ1v) is 7.49. The third-order valence-electron chi connectivity index (χ3n) is 3.80. The van der Waals surface area contributed by atoms with Gasteiger partial charge in [-0.15, -0.1) is 24.0 Å². The Bertz CT molecular complexity index is 429. The fraction of sp³-hybridized carbons (Fsp3) is 0.786. The van der Waals surface area contributed by atoms with Crippen LogP contribution < -0.4 is 5.32 Å². The van der Waals surface area contributed by atoms with Crippen molar-refractivity contribution < 1.29 is 9.59 Å². The highest BCUT2D eigenvalue weighted by molar-refractivity contribution is 14.0. The van der Waals surface area contributed by atoms with Crippen molar-refractivity contribution in [2.45, 2.75) is 25.8 Å². The third-order valence-corrected chi connectivity index (χ3v) is 3.80. The summed E-state index contributed by atoms with van der Waals surface area (Å²) in [5.41, 5.74) is 0. The maximum absolute atomic E-state index is 11.7. The van der Waals surface area contributed by atoms with Crippen LogP contribution in [0, 0.1) is 0 Å². The summed E-state index contributed by atoms with van der Waals surface area (Å²) in [4.78, 5) is 33.0. The van der Waals surface area contributed by atoms with Gasteiger partial charge in [0.2, 0.25) is 11.8 Å². The number of piperazine rings is 1. The van der Waals surface area contributed by atoms with E-state index in [0.29, 0.717) is 19.1 Å². The van der Waals surface area contributed by atoms with Crippen LogP contribution in [0.2, 0.25) is 0 Å². The highest BCUT2D eigenvalue weighted by atomic mass is 127. The number of rotatable bonds is 3. The first-order valence-electron chi connectivity index (χ1n) is 7.49. The van der Waals surface area contributed by atoms with E-state index in [-0.39, 0.29) is 42.3 Å². The lowest BCUT2D eigenvalue weighted by molar-refractivity contribution is -0.130. The molecule has 0 unspecified atom stereocenters. The number of carbonyl (C=O) groups excluding carboxylic acids is 2. The van der Waals surface area contributed by atoms with E-state index in [1.807, 2.05) is 4.90 Å². The zero-order valence-electron chi connectivity index (χ0n) is 13.5. The Hall–Kier alpha value is -1.06. The van der Waals surface area contributed by atoms with Gasteiger partial charge < -0.3 is 20.0 Å². The third kappa shape index (κ3) is 5.62. The molecular weight excluding hydrogens is 397 g/mol. The van der Waals surface area contributed by atoms with Gasteiger partial charge in [0.15, 0.2) is 5.96 Å². The van der Waals surface area contributed by atoms with Crippen molar-refractivity contribution >= 4 is 41.8 Å². The van der Waals surface area contributed by atoms with Crippen molar-refractivity contribution in [3.63, 3.8) is 0 Å². The van der Waals surface area contributed by atoms with Crippen molar-refractivity contribution in [1.29, 1.82) is 0 Å². The van der Waals surface area contributed by atoms with E-state index in [1.165, 1.54) is 0 Å². The summed E-state index contributed by atoms with van der Waals surface area (Å²) in [6, 6.07) is 0.490. The van der Waals surface area contributed by atoms with Crippen LogP contribution in [-0.2, 0) is 9.59 Å². The molecule has 22 heavy (non-hydrogen) atoms. The molecule has 0 spiro atoms. The largest absolute Gasteiger partial charge is 0.353 e. The normalized spacial score (nSPS) is 18.6. The Morgan fingerprint density at radius 1 is 1.14 bits per heavy atom. The van der Waals surface area contributed by atoms with E-state index >= 15 is 0 Å². The topological polar surface area (TPSA) is 68.2 Å². The Morgan fingerprint density at radius 2 is 1.68 bits per heavy atom. The van der Waals surface area contributed by atoms with E-state index in [2.05, 4.69) is 15.2 Å². The predicted molar refractivity (Wildman–Crippen MR) is 96.4 cm³/mol. The van der Waals surface area contributed by atoms with Gasteiger partial charge in [-0.1, -0.05) is 0 Å². The summed E-state index contributed by atoms with van der Waals surface area (Å²) < 4.78 is 0. The molecule has 1 saturated heterocycles. The van der Waals surface area contributed by atoms with Crippen LogP contribution in [0.3, 0.4) is 0 Å². The van der Waals surface area contributed by atoms with Crippen LogP contribution in [-0.4, -0.2) is 85.3 Å². The highest BCUT2D eigenvalue weighted by Crippen LogP contribution is 2.19. The highest BCUT2D eigenvalue weighted by Gasteiger charge is 2.27. The SMILES string of the molecule is CC(=O)N1CCN(C(=NCC(=O)N(C)C)NC2CC2)CC1.I. The van der Waals surface area contributed by atoms with Gasteiger partial charge in [-0.2, -0.15) is 0 Å². The van der Waals surface area contributed by atoms with Crippen LogP contribution in [0.15, 0.2) is 4.99 Å². The maximum Gasteiger partial charge on any atom is 0.243 e. The molecule has 126 valence electrons. The van der Waals surface area contributed by atoms with Gasteiger partial charge in [0.25, 0.3) is 0 Å². The number of hydrogen-bond donors (Lipinski definition) is 1. The molecule has 1 saturated carbocycles. The molecule has 0 aromatic heterocycles. The minimum Gasteiger partial charge on any atom is -0.353 e.